The van der Waals surface area contributed by atoms with Gasteiger partial charge in [0.2, 0.25) is 0 Å². The summed E-state index contributed by atoms with van der Waals surface area (Å²) in [5.41, 5.74) is 3.09. The molecule has 0 atom stereocenters. The molecule has 3 aromatic rings. The van der Waals surface area contributed by atoms with Gasteiger partial charge in [0, 0.05) is 28.2 Å². The Hall–Kier alpha value is -2.49. The van der Waals surface area contributed by atoms with Crippen LogP contribution in [0.4, 0.5) is 0 Å². The zero-order chi connectivity index (χ0) is 15.1. The van der Waals surface area contributed by atoms with E-state index in [0.717, 1.165) is 28.0 Å². The van der Waals surface area contributed by atoms with Gasteiger partial charge in [0.05, 0.1) is 12.7 Å². The Bertz CT molecular complexity index is 839. The highest BCUT2D eigenvalue weighted by atomic mass is 16.5. The summed E-state index contributed by atoms with van der Waals surface area (Å²) in [6.45, 7) is 5.61. The van der Waals surface area contributed by atoms with Crippen molar-refractivity contribution >= 4 is 16.7 Å². The Kier molecular flexibility index (Phi) is 3.09. The molecule has 0 spiro atoms. The number of aromatic amines is 1. The van der Waals surface area contributed by atoms with Crippen molar-refractivity contribution in [2.75, 3.05) is 7.11 Å². The van der Waals surface area contributed by atoms with Crippen molar-refractivity contribution in [3.05, 3.63) is 52.6 Å². The molecular formula is C17H17NO3. The molecule has 0 aliphatic heterocycles. The Morgan fingerprint density at radius 1 is 1.19 bits per heavy atom. The molecule has 0 radical (unpaired) electrons. The Balaban J connectivity index is 2.18. The van der Waals surface area contributed by atoms with Crippen LogP contribution < -0.4 is 4.74 Å². The average molecular weight is 283 g/mol. The van der Waals surface area contributed by atoms with E-state index in [9.17, 15) is 4.79 Å². The van der Waals surface area contributed by atoms with Crippen LogP contribution in [0.25, 0.3) is 10.9 Å². The lowest BCUT2D eigenvalue weighted by Crippen LogP contribution is -2.03. The number of aryl methyl sites for hydroxylation is 2. The van der Waals surface area contributed by atoms with Crippen molar-refractivity contribution in [1.29, 1.82) is 0 Å². The summed E-state index contributed by atoms with van der Waals surface area (Å²) >= 11 is 0. The van der Waals surface area contributed by atoms with Crippen LogP contribution in [0.1, 0.15) is 33.0 Å². The molecule has 4 heteroatoms. The normalized spacial score (nSPS) is 11.0. The molecule has 0 unspecified atom stereocenters. The predicted molar refractivity (Wildman–Crippen MR) is 81.2 cm³/mol. The second-order valence-electron chi connectivity index (χ2n) is 5.16. The molecule has 0 saturated carbocycles. The highest BCUT2D eigenvalue weighted by Crippen LogP contribution is 2.29. The van der Waals surface area contributed by atoms with Crippen molar-refractivity contribution in [2.24, 2.45) is 0 Å². The Morgan fingerprint density at radius 3 is 2.57 bits per heavy atom. The van der Waals surface area contributed by atoms with Crippen LogP contribution in [0.2, 0.25) is 0 Å². The van der Waals surface area contributed by atoms with Gasteiger partial charge < -0.3 is 14.1 Å². The summed E-state index contributed by atoms with van der Waals surface area (Å²) in [6, 6.07) is 5.65. The number of hydrogen-bond acceptors (Lipinski definition) is 3. The molecule has 1 N–H and O–H groups in total. The maximum absolute atomic E-state index is 12.9. The van der Waals surface area contributed by atoms with E-state index in [-0.39, 0.29) is 5.78 Å². The van der Waals surface area contributed by atoms with Gasteiger partial charge in [-0.15, -0.1) is 0 Å². The van der Waals surface area contributed by atoms with Crippen LogP contribution >= 0.6 is 0 Å². The van der Waals surface area contributed by atoms with E-state index in [1.807, 2.05) is 39.0 Å². The Labute approximate surface area is 122 Å². The van der Waals surface area contributed by atoms with Gasteiger partial charge in [-0.25, -0.2) is 0 Å². The van der Waals surface area contributed by atoms with Crippen molar-refractivity contribution < 1.29 is 13.9 Å². The molecule has 3 rings (SSSR count). The number of aromatic nitrogens is 1. The zero-order valence-electron chi connectivity index (χ0n) is 12.5. The molecule has 2 heterocycles. The molecule has 2 aromatic heterocycles. The number of ether oxygens (including phenoxy) is 1. The number of H-pyrrole nitrogens is 1. The number of nitrogens with one attached hydrogen (secondary N) is 1. The molecule has 0 amide bonds. The maximum Gasteiger partial charge on any atom is 0.198 e. The molecule has 21 heavy (non-hydrogen) atoms. The van der Waals surface area contributed by atoms with E-state index in [1.165, 1.54) is 0 Å². The van der Waals surface area contributed by atoms with Crippen molar-refractivity contribution in [2.45, 2.75) is 20.8 Å². The third kappa shape index (κ3) is 2.03. The van der Waals surface area contributed by atoms with Crippen molar-refractivity contribution in [1.82, 2.24) is 4.98 Å². The first-order valence-corrected chi connectivity index (χ1v) is 6.79. The zero-order valence-corrected chi connectivity index (χ0v) is 12.5. The minimum atomic E-state index is -0.0265. The van der Waals surface area contributed by atoms with Crippen LogP contribution in [0.15, 0.2) is 28.8 Å². The summed E-state index contributed by atoms with van der Waals surface area (Å²) in [5, 5.41) is 0.858. The first kappa shape index (κ1) is 13.5. The summed E-state index contributed by atoms with van der Waals surface area (Å²) in [7, 11) is 1.61. The molecule has 0 saturated heterocycles. The average Bonchev–Trinajstić information content (AvgIpc) is 2.99. The number of benzene rings is 1. The van der Waals surface area contributed by atoms with E-state index in [1.54, 1.807) is 13.3 Å². The lowest BCUT2D eigenvalue weighted by Gasteiger charge is -2.02. The topological polar surface area (TPSA) is 55.2 Å². The molecule has 1 aromatic carbocycles. The van der Waals surface area contributed by atoms with Crippen LogP contribution in [0, 0.1) is 20.8 Å². The van der Waals surface area contributed by atoms with Gasteiger partial charge in [0.1, 0.15) is 17.3 Å². The maximum atomic E-state index is 12.9. The van der Waals surface area contributed by atoms with Gasteiger partial charge in [-0.3, -0.25) is 4.79 Å². The fourth-order valence-corrected chi connectivity index (χ4v) is 2.68. The molecule has 108 valence electrons. The molecule has 0 fully saturated rings. The predicted octanol–water partition coefficient (Wildman–Crippen LogP) is 3.93. The number of carbonyl (C=O) groups is 1. The number of ketones is 1. The number of carbonyl (C=O) groups excluding carboxylic acids is 1. The smallest absolute Gasteiger partial charge is 0.198 e. The lowest BCUT2D eigenvalue weighted by atomic mass is 9.99. The minimum Gasteiger partial charge on any atom is -0.497 e. The summed E-state index contributed by atoms with van der Waals surface area (Å²) in [4.78, 5) is 16.0. The van der Waals surface area contributed by atoms with Crippen LogP contribution in [-0.2, 0) is 0 Å². The van der Waals surface area contributed by atoms with E-state index < -0.39 is 0 Å². The molecular weight excluding hydrogens is 266 g/mol. The Morgan fingerprint density at radius 2 is 1.95 bits per heavy atom. The van der Waals surface area contributed by atoms with Crippen molar-refractivity contribution in [3.63, 3.8) is 0 Å². The van der Waals surface area contributed by atoms with Gasteiger partial charge in [-0.05, 0) is 39.0 Å². The summed E-state index contributed by atoms with van der Waals surface area (Å²) in [5.74, 6) is 2.15. The van der Waals surface area contributed by atoms with Crippen molar-refractivity contribution in [3.8, 4) is 5.75 Å². The van der Waals surface area contributed by atoms with Gasteiger partial charge in [-0.1, -0.05) is 0 Å². The SMILES string of the molecule is COc1ccc2[nH]cc(C(=O)c3c(C)oc(C)c3C)c2c1. The molecule has 0 aliphatic rings. The van der Waals surface area contributed by atoms with Gasteiger partial charge >= 0.3 is 0 Å². The summed E-state index contributed by atoms with van der Waals surface area (Å²) < 4.78 is 10.8. The van der Waals surface area contributed by atoms with E-state index >= 15 is 0 Å². The third-order valence-electron chi connectivity index (χ3n) is 3.92. The third-order valence-corrected chi connectivity index (χ3v) is 3.92. The fraction of sp³-hybridized carbons (Fsp3) is 0.235. The van der Waals surface area contributed by atoms with Crippen LogP contribution in [0.5, 0.6) is 5.75 Å². The van der Waals surface area contributed by atoms with Gasteiger partial charge in [-0.2, -0.15) is 0 Å². The monoisotopic (exact) mass is 283 g/mol. The van der Waals surface area contributed by atoms with Gasteiger partial charge in [0.15, 0.2) is 5.78 Å². The molecule has 4 nitrogen and oxygen atoms in total. The molecule has 0 bridgehead atoms. The van der Waals surface area contributed by atoms with Crippen LogP contribution in [0.3, 0.4) is 0 Å². The number of rotatable bonds is 3. The fourth-order valence-electron chi connectivity index (χ4n) is 2.68. The largest absolute Gasteiger partial charge is 0.497 e. The minimum absolute atomic E-state index is 0.0265. The van der Waals surface area contributed by atoms with E-state index in [0.29, 0.717) is 16.9 Å². The van der Waals surface area contributed by atoms with E-state index in [2.05, 4.69) is 4.98 Å². The number of hydrogen-bond donors (Lipinski definition) is 1. The first-order chi connectivity index (χ1) is 10.0. The number of methoxy groups -OCH3 is 1. The number of furan rings is 1. The van der Waals surface area contributed by atoms with Gasteiger partial charge in [0.25, 0.3) is 0 Å². The second kappa shape index (κ2) is 4.81. The standard InChI is InChI=1S/C17H17NO3/c1-9-10(2)21-11(3)16(9)17(19)14-8-18-15-6-5-12(20-4)7-13(14)15/h5-8,18H,1-4H3. The highest BCUT2D eigenvalue weighted by Gasteiger charge is 2.22. The second-order valence-corrected chi connectivity index (χ2v) is 5.16. The molecule has 0 aliphatic carbocycles. The summed E-state index contributed by atoms with van der Waals surface area (Å²) in [6.07, 6.45) is 1.74. The van der Waals surface area contributed by atoms with Crippen LogP contribution in [-0.4, -0.2) is 17.9 Å². The number of fused-ring (bicyclic) bond motifs is 1. The first-order valence-electron chi connectivity index (χ1n) is 6.79. The lowest BCUT2D eigenvalue weighted by molar-refractivity contribution is 0.103. The van der Waals surface area contributed by atoms with E-state index in [4.69, 9.17) is 9.15 Å². The highest BCUT2D eigenvalue weighted by molar-refractivity contribution is 6.17. The quantitative estimate of drug-likeness (QED) is 0.741.